The fourth-order valence-corrected chi connectivity index (χ4v) is 4.09. The number of sulfonamides is 1. The quantitative estimate of drug-likeness (QED) is 0.859. The van der Waals surface area contributed by atoms with Crippen molar-refractivity contribution in [1.29, 1.82) is 0 Å². The van der Waals surface area contributed by atoms with Crippen molar-refractivity contribution < 1.29 is 13.2 Å². The summed E-state index contributed by atoms with van der Waals surface area (Å²) in [6.07, 6.45) is 3.94. The predicted molar refractivity (Wildman–Crippen MR) is 83.5 cm³/mol. The molecule has 116 valence electrons. The van der Waals surface area contributed by atoms with Crippen molar-refractivity contribution in [2.24, 2.45) is 0 Å². The van der Waals surface area contributed by atoms with Gasteiger partial charge < -0.3 is 4.74 Å². The molecule has 0 unspecified atom stereocenters. The molecule has 0 saturated carbocycles. The molecule has 0 bridgehead atoms. The molecular formula is C15H15ClN2O3S. The third-order valence-electron chi connectivity index (χ3n) is 3.56. The number of benzene rings is 1. The molecule has 7 heteroatoms. The fraction of sp³-hybridized carbons (Fsp3) is 0.267. The minimum absolute atomic E-state index is 0.129. The van der Waals surface area contributed by atoms with Crippen molar-refractivity contribution in [2.75, 3.05) is 13.7 Å². The first-order chi connectivity index (χ1) is 10.5. The highest BCUT2D eigenvalue weighted by Gasteiger charge is 2.29. The monoisotopic (exact) mass is 338 g/mol. The maximum absolute atomic E-state index is 12.8. The Balaban J connectivity index is 1.97. The van der Waals surface area contributed by atoms with Crippen molar-refractivity contribution in [2.45, 2.75) is 17.9 Å². The lowest BCUT2D eigenvalue weighted by Gasteiger charge is -2.19. The van der Waals surface area contributed by atoms with Gasteiger partial charge in [0.1, 0.15) is 10.6 Å². The maximum atomic E-state index is 12.8. The van der Waals surface area contributed by atoms with E-state index in [1.807, 2.05) is 0 Å². The summed E-state index contributed by atoms with van der Waals surface area (Å²) in [5.41, 5.74) is 1.70. The van der Waals surface area contributed by atoms with Crippen LogP contribution in [-0.2, 0) is 23.0 Å². The number of aromatic nitrogens is 1. The zero-order valence-corrected chi connectivity index (χ0v) is 13.6. The van der Waals surface area contributed by atoms with E-state index < -0.39 is 10.0 Å². The standard InChI is InChI=1S/C15H15ClN2O3S/c1-18(10-11-2-5-17-6-3-11)22(19,20)14-9-13(16)8-12-4-7-21-15(12)14/h2-3,5-6,8-9H,4,7,10H2,1H3. The Morgan fingerprint density at radius 3 is 2.77 bits per heavy atom. The summed E-state index contributed by atoms with van der Waals surface area (Å²) in [6, 6.07) is 6.77. The summed E-state index contributed by atoms with van der Waals surface area (Å²) in [4.78, 5) is 4.06. The van der Waals surface area contributed by atoms with Crippen LogP contribution >= 0.6 is 11.6 Å². The Labute approximate surface area is 134 Å². The van der Waals surface area contributed by atoms with Gasteiger partial charge in [0, 0.05) is 43.0 Å². The Morgan fingerprint density at radius 2 is 2.05 bits per heavy atom. The zero-order chi connectivity index (χ0) is 15.7. The second kappa shape index (κ2) is 5.87. The number of rotatable bonds is 4. The summed E-state index contributed by atoms with van der Waals surface area (Å²) < 4.78 is 32.4. The number of ether oxygens (including phenoxy) is 1. The van der Waals surface area contributed by atoms with Gasteiger partial charge in [-0.15, -0.1) is 0 Å². The van der Waals surface area contributed by atoms with E-state index in [4.69, 9.17) is 16.3 Å². The minimum atomic E-state index is -3.68. The van der Waals surface area contributed by atoms with E-state index in [-0.39, 0.29) is 11.4 Å². The average molecular weight is 339 g/mol. The normalized spacial score (nSPS) is 14.0. The van der Waals surface area contributed by atoms with E-state index >= 15 is 0 Å². The summed E-state index contributed by atoms with van der Waals surface area (Å²) in [6.45, 7) is 0.735. The van der Waals surface area contributed by atoms with Crippen LogP contribution in [0.15, 0.2) is 41.6 Å². The van der Waals surface area contributed by atoms with Gasteiger partial charge in [-0.1, -0.05) is 11.6 Å². The molecule has 0 saturated heterocycles. The van der Waals surface area contributed by atoms with Gasteiger partial charge in [-0.3, -0.25) is 4.98 Å². The van der Waals surface area contributed by atoms with Crippen molar-refractivity contribution in [3.63, 3.8) is 0 Å². The van der Waals surface area contributed by atoms with Crippen LogP contribution in [-0.4, -0.2) is 31.4 Å². The molecule has 0 radical (unpaired) electrons. The lowest BCUT2D eigenvalue weighted by atomic mass is 10.2. The molecule has 0 spiro atoms. The number of pyridine rings is 1. The Bertz CT molecular complexity index is 794. The molecule has 0 amide bonds. The molecule has 1 aromatic heterocycles. The van der Waals surface area contributed by atoms with Crippen LogP contribution in [0.5, 0.6) is 5.75 Å². The van der Waals surface area contributed by atoms with E-state index in [1.54, 1.807) is 30.6 Å². The van der Waals surface area contributed by atoms with E-state index in [0.717, 1.165) is 11.1 Å². The topological polar surface area (TPSA) is 59.5 Å². The molecule has 3 rings (SSSR count). The van der Waals surface area contributed by atoms with Gasteiger partial charge in [0.05, 0.1) is 6.61 Å². The molecule has 0 fully saturated rings. The van der Waals surface area contributed by atoms with Gasteiger partial charge in [-0.25, -0.2) is 8.42 Å². The lowest BCUT2D eigenvalue weighted by Crippen LogP contribution is -2.27. The highest BCUT2D eigenvalue weighted by molar-refractivity contribution is 7.89. The number of hydrogen-bond donors (Lipinski definition) is 0. The molecular weight excluding hydrogens is 324 g/mol. The van der Waals surface area contributed by atoms with Crippen LogP contribution in [0.3, 0.4) is 0 Å². The summed E-state index contributed by atoms with van der Waals surface area (Å²) in [5, 5.41) is 0.403. The second-order valence-electron chi connectivity index (χ2n) is 5.11. The van der Waals surface area contributed by atoms with E-state index in [9.17, 15) is 8.42 Å². The van der Waals surface area contributed by atoms with Crippen LogP contribution < -0.4 is 4.74 Å². The summed E-state index contributed by atoms with van der Waals surface area (Å²) >= 11 is 6.05. The van der Waals surface area contributed by atoms with Gasteiger partial charge in [0.15, 0.2) is 0 Å². The fourth-order valence-electron chi connectivity index (χ4n) is 2.43. The molecule has 0 N–H and O–H groups in total. The molecule has 5 nitrogen and oxygen atoms in total. The number of halogens is 1. The molecule has 1 aromatic carbocycles. The smallest absolute Gasteiger partial charge is 0.246 e. The zero-order valence-electron chi connectivity index (χ0n) is 12.0. The SMILES string of the molecule is CN(Cc1ccncc1)S(=O)(=O)c1cc(Cl)cc2c1OCC2. The highest BCUT2D eigenvalue weighted by atomic mass is 35.5. The van der Waals surface area contributed by atoms with Crippen LogP contribution in [0.4, 0.5) is 0 Å². The Kier molecular flexibility index (Phi) is 4.08. The molecule has 2 aromatic rings. The lowest BCUT2D eigenvalue weighted by molar-refractivity contribution is 0.347. The highest BCUT2D eigenvalue weighted by Crippen LogP contribution is 2.37. The Morgan fingerprint density at radius 1 is 1.32 bits per heavy atom. The molecule has 22 heavy (non-hydrogen) atoms. The van der Waals surface area contributed by atoms with Crippen molar-refractivity contribution in [3.05, 3.63) is 52.8 Å². The largest absolute Gasteiger partial charge is 0.492 e. The van der Waals surface area contributed by atoms with E-state index in [0.29, 0.717) is 23.8 Å². The summed E-state index contributed by atoms with van der Waals surface area (Å²) in [5.74, 6) is 0.422. The van der Waals surface area contributed by atoms with Crippen molar-refractivity contribution >= 4 is 21.6 Å². The Hall–Kier alpha value is -1.63. The van der Waals surface area contributed by atoms with E-state index in [2.05, 4.69) is 4.98 Å². The number of fused-ring (bicyclic) bond motifs is 1. The maximum Gasteiger partial charge on any atom is 0.246 e. The van der Waals surface area contributed by atoms with Gasteiger partial charge in [-0.2, -0.15) is 4.31 Å². The van der Waals surface area contributed by atoms with Gasteiger partial charge in [-0.05, 0) is 29.8 Å². The van der Waals surface area contributed by atoms with Gasteiger partial charge in [0.2, 0.25) is 10.0 Å². The molecule has 0 atom stereocenters. The first-order valence-electron chi connectivity index (χ1n) is 6.79. The third-order valence-corrected chi connectivity index (χ3v) is 5.58. The van der Waals surface area contributed by atoms with Gasteiger partial charge >= 0.3 is 0 Å². The van der Waals surface area contributed by atoms with Crippen molar-refractivity contribution in [3.8, 4) is 5.75 Å². The predicted octanol–water partition coefficient (Wildman–Crippen LogP) is 2.49. The molecule has 0 aliphatic carbocycles. The molecule has 1 aliphatic rings. The first-order valence-corrected chi connectivity index (χ1v) is 8.61. The number of nitrogens with zero attached hydrogens (tertiary/aromatic N) is 2. The first kappa shape index (κ1) is 15.3. The van der Waals surface area contributed by atoms with Crippen LogP contribution in [0.1, 0.15) is 11.1 Å². The van der Waals surface area contributed by atoms with Gasteiger partial charge in [0.25, 0.3) is 0 Å². The minimum Gasteiger partial charge on any atom is -0.492 e. The molecule has 1 aliphatic heterocycles. The van der Waals surface area contributed by atoms with Crippen molar-refractivity contribution in [1.82, 2.24) is 9.29 Å². The number of hydrogen-bond acceptors (Lipinski definition) is 4. The van der Waals surface area contributed by atoms with Crippen LogP contribution in [0, 0.1) is 0 Å². The second-order valence-corrected chi connectivity index (χ2v) is 7.56. The van der Waals surface area contributed by atoms with Crippen LogP contribution in [0.2, 0.25) is 5.02 Å². The van der Waals surface area contributed by atoms with Crippen LogP contribution in [0.25, 0.3) is 0 Å². The average Bonchev–Trinajstić information content (AvgIpc) is 2.95. The summed E-state index contributed by atoms with van der Waals surface area (Å²) in [7, 11) is -2.14. The third kappa shape index (κ3) is 2.82. The molecule has 2 heterocycles. The van der Waals surface area contributed by atoms with E-state index in [1.165, 1.54) is 17.4 Å².